The maximum atomic E-state index is 12.4. The summed E-state index contributed by atoms with van der Waals surface area (Å²) >= 11 is 0. The quantitative estimate of drug-likeness (QED) is 0.755. The van der Waals surface area contributed by atoms with E-state index in [1.165, 1.54) is 12.1 Å². The molecule has 2 aromatic heterocycles. The van der Waals surface area contributed by atoms with Gasteiger partial charge in [-0.3, -0.25) is 9.36 Å². The van der Waals surface area contributed by atoms with Crippen LogP contribution in [0, 0.1) is 13.8 Å². The first kappa shape index (κ1) is 16.3. The second-order valence-corrected chi connectivity index (χ2v) is 5.49. The van der Waals surface area contributed by atoms with Crippen LogP contribution in [0.1, 0.15) is 32.0 Å². The topological polar surface area (TPSA) is 110 Å². The standard InChI is InChI=1S/C17H15N5O3/c1-10-7-12(17(24)25)14(8-11(10)2)19-16(23)13-3-4-15(21-20-13)22-6-5-18-9-22/h3-9H,1-2H3,(H,19,23)(H,24,25). The number of carbonyl (C=O) groups excluding carboxylic acids is 1. The molecule has 8 heteroatoms. The van der Waals surface area contributed by atoms with E-state index in [-0.39, 0.29) is 16.9 Å². The van der Waals surface area contributed by atoms with Crippen molar-refractivity contribution in [2.45, 2.75) is 13.8 Å². The number of hydrogen-bond donors (Lipinski definition) is 2. The Morgan fingerprint density at radius 2 is 1.88 bits per heavy atom. The zero-order valence-electron chi connectivity index (χ0n) is 13.6. The fraction of sp³-hybridized carbons (Fsp3) is 0.118. The number of carboxylic acids is 1. The molecule has 2 heterocycles. The molecule has 0 radical (unpaired) electrons. The Kier molecular flexibility index (Phi) is 4.25. The van der Waals surface area contributed by atoms with E-state index in [1.54, 1.807) is 35.4 Å². The number of aryl methyl sites for hydroxylation is 2. The van der Waals surface area contributed by atoms with Crippen molar-refractivity contribution in [3.63, 3.8) is 0 Å². The van der Waals surface area contributed by atoms with Gasteiger partial charge in [0, 0.05) is 12.4 Å². The van der Waals surface area contributed by atoms with Gasteiger partial charge in [0.2, 0.25) is 0 Å². The molecule has 0 aliphatic rings. The molecular weight excluding hydrogens is 322 g/mol. The van der Waals surface area contributed by atoms with E-state index in [0.717, 1.165) is 11.1 Å². The lowest BCUT2D eigenvalue weighted by Gasteiger charge is -2.11. The van der Waals surface area contributed by atoms with E-state index in [0.29, 0.717) is 5.82 Å². The number of imidazole rings is 1. The number of aromatic nitrogens is 4. The summed E-state index contributed by atoms with van der Waals surface area (Å²) in [6.45, 7) is 3.66. The summed E-state index contributed by atoms with van der Waals surface area (Å²) in [5.41, 5.74) is 2.04. The van der Waals surface area contributed by atoms with Crippen molar-refractivity contribution in [2.75, 3.05) is 5.32 Å². The highest BCUT2D eigenvalue weighted by Crippen LogP contribution is 2.21. The molecule has 0 saturated heterocycles. The highest BCUT2D eigenvalue weighted by atomic mass is 16.4. The summed E-state index contributed by atoms with van der Waals surface area (Å²) in [5.74, 6) is -1.12. The Labute approximate surface area is 143 Å². The van der Waals surface area contributed by atoms with Gasteiger partial charge in [0.25, 0.3) is 5.91 Å². The monoisotopic (exact) mass is 337 g/mol. The maximum absolute atomic E-state index is 12.4. The number of nitrogens with zero attached hydrogens (tertiary/aromatic N) is 4. The molecule has 0 bridgehead atoms. The minimum absolute atomic E-state index is 0.0273. The van der Waals surface area contributed by atoms with Crippen molar-refractivity contribution in [3.8, 4) is 5.82 Å². The highest BCUT2D eigenvalue weighted by Gasteiger charge is 2.16. The molecule has 2 N–H and O–H groups in total. The Bertz CT molecular complexity index is 934. The van der Waals surface area contributed by atoms with E-state index < -0.39 is 11.9 Å². The van der Waals surface area contributed by atoms with Crippen LogP contribution in [0.5, 0.6) is 0 Å². The molecule has 0 unspecified atom stereocenters. The third-order valence-corrected chi connectivity index (χ3v) is 3.76. The van der Waals surface area contributed by atoms with Gasteiger partial charge in [-0.15, -0.1) is 10.2 Å². The summed E-state index contributed by atoms with van der Waals surface area (Å²) < 4.78 is 1.65. The van der Waals surface area contributed by atoms with Gasteiger partial charge in [0.05, 0.1) is 11.3 Å². The molecule has 3 aromatic rings. The minimum Gasteiger partial charge on any atom is -0.478 e. The van der Waals surface area contributed by atoms with E-state index in [2.05, 4.69) is 20.5 Å². The predicted octanol–water partition coefficient (Wildman–Crippen LogP) is 2.23. The lowest BCUT2D eigenvalue weighted by molar-refractivity contribution is 0.0698. The number of rotatable bonds is 4. The minimum atomic E-state index is -1.11. The fourth-order valence-electron chi connectivity index (χ4n) is 2.26. The van der Waals surface area contributed by atoms with Crippen molar-refractivity contribution < 1.29 is 14.7 Å². The van der Waals surface area contributed by atoms with Crippen LogP contribution < -0.4 is 5.32 Å². The van der Waals surface area contributed by atoms with E-state index >= 15 is 0 Å². The number of amides is 1. The summed E-state index contributed by atoms with van der Waals surface area (Å²) in [5, 5.41) is 19.8. The van der Waals surface area contributed by atoms with E-state index in [1.807, 2.05) is 13.8 Å². The lowest BCUT2D eigenvalue weighted by atomic mass is 10.0. The van der Waals surface area contributed by atoms with Gasteiger partial charge in [-0.05, 0) is 49.2 Å². The number of hydrogen-bond acceptors (Lipinski definition) is 5. The number of aromatic carboxylic acids is 1. The van der Waals surface area contributed by atoms with Gasteiger partial charge in [-0.1, -0.05) is 0 Å². The molecule has 1 aromatic carbocycles. The number of benzene rings is 1. The van der Waals surface area contributed by atoms with Crippen molar-refractivity contribution in [3.05, 3.63) is 65.4 Å². The summed E-state index contributed by atoms with van der Waals surface area (Å²) in [4.78, 5) is 27.7. The average molecular weight is 337 g/mol. The molecule has 0 saturated carbocycles. The lowest BCUT2D eigenvalue weighted by Crippen LogP contribution is -2.17. The normalized spacial score (nSPS) is 10.5. The van der Waals surface area contributed by atoms with Crippen LogP contribution in [0.15, 0.2) is 43.0 Å². The first-order valence-electron chi connectivity index (χ1n) is 7.43. The van der Waals surface area contributed by atoms with E-state index in [9.17, 15) is 14.7 Å². The molecule has 3 rings (SSSR count). The smallest absolute Gasteiger partial charge is 0.337 e. The van der Waals surface area contributed by atoms with Crippen molar-refractivity contribution in [1.29, 1.82) is 0 Å². The zero-order valence-corrected chi connectivity index (χ0v) is 13.6. The van der Waals surface area contributed by atoms with Crippen molar-refractivity contribution >= 4 is 17.6 Å². The Morgan fingerprint density at radius 1 is 1.12 bits per heavy atom. The number of anilines is 1. The predicted molar refractivity (Wildman–Crippen MR) is 90.0 cm³/mol. The SMILES string of the molecule is Cc1cc(NC(=O)c2ccc(-n3ccnc3)nn2)c(C(=O)O)cc1C. The number of carboxylic acid groups (broad SMARTS) is 1. The number of nitrogens with one attached hydrogen (secondary N) is 1. The van der Waals surface area contributed by atoms with Crippen LogP contribution in [0.3, 0.4) is 0 Å². The second kappa shape index (κ2) is 6.52. The van der Waals surface area contributed by atoms with Crippen LogP contribution in [-0.2, 0) is 0 Å². The molecule has 126 valence electrons. The summed E-state index contributed by atoms with van der Waals surface area (Å²) in [6, 6.07) is 6.30. The second-order valence-electron chi connectivity index (χ2n) is 5.49. The first-order chi connectivity index (χ1) is 12.0. The van der Waals surface area contributed by atoms with Crippen molar-refractivity contribution in [2.24, 2.45) is 0 Å². The molecule has 1 amide bonds. The van der Waals surface area contributed by atoms with Gasteiger partial charge >= 0.3 is 5.97 Å². The van der Waals surface area contributed by atoms with Crippen LogP contribution in [0.4, 0.5) is 5.69 Å². The third kappa shape index (κ3) is 3.37. The Hall–Kier alpha value is -3.55. The summed E-state index contributed by atoms with van der Waals surface area (Å²) in [6.07, 6.45) is 4.88. The van der Waals surface area contributed by atoms with Crippen LogP contribution >= 0.6 is 0 Å². The average Bonchev–Trinajstić information content (AvgIpc) is 3.12. The number of carbonyl (C=O) groups is 2. The Balaban J connectivity index is 1.85. The molecule has 8 nitrogen and oxygen atoms in total. The zero-order chi connectivity index (χ0) is 18.0. The van der Waals surface area contributed by atoms with Crippen LogP contribution in [0.25, 0.3) is 5.82 Å². The maximum Gasteiger partial charge on any atom is 0.337 e. The van der Waals surface area contributed by atoms with Gasteiger partial charge in [-0.25, -0.2) is 9.78 Å². The molecule has 0 aliphatic carbocycles. The summed E-state index contributed by atoms with van der Waals surface area (Å²) in [7, 11) is 0. The molecule has 0 spiro atoms. The van der Waals surface area contributed by atoms with E-state index in [4.69, 9.17) is 0 Å². The molecule has 25 heavy (non-hydrogen) atoms. The highest BCUT2D eigenvalue weighted by molar-refractivity contribution is 6.06. The van der Waals surface area contributed by atoms with Gasteiger partial charge in [-0.2, -0.15) is 0 Å². The molecule has 0 atom stereocenters. The van der Waals surface area contributed by atoms with Crippen molar-refractivity contribution in [1.82, 2.24) is 19.7 Å². The Morgan fingerprint density at radius 3 is 2.48 bits per heavy atom. The van der Waals surface area contributed by atoms with Gasteiger partial charge in [0.15, 0.2) is 11.5 Å². The largest absolute Gasteiger partial charge is 0.478 e. The molecular formula is C17H15N5O3. The first-order valence-corrected chi connectivity index (χ1v) is 7.43. The van der Waals surface area contributed by atoms with Crippen LogP contribution in [-0.4, -0.2) is 36.7 Å². The van der Waals surface area contributed by atoms with Crippen LogP contribution in [0.2, 0.25) is 0 Å². The molecule has 0 aliphatic heterocycles. The molecule has 0 fully saturated rings. The van der Waals surface area contributed by atoms with Gasteiger partial charge in [0.1, 0.15) is 6.33 Å². The van der Waals surface area contributed by atoms with Gasteiger partial charge < -0.3 is 10.4 Å². The third-order valence-electron chi connectivity index (χ3n) is 3.76. The fourth-order valence-corrected chi connectivity index (χ4v) is 2.26.